The van der Waals surface area contributed by atoms with Crippen LogP contribution in [-0.4, -0.2) is 11.7 Å². The van der Waals surface area contributed by atoms with E-state index >= 15 is 0 Å². The number of benzene rings is 2. The first-order valence-corrected chi connectivity index (χ1v) is 8.44. The van der Waals surface area contributed by atoms with Crippen LogP contribution in [0.4, 0.5) is 4.39 Å². The van der Waals surface area contributed by atoms with Crippen LogP contribution in [0.3, 0.4) is 0 Å². The lowest BCUT2D eigenvalue weighted by molar-refractivity contribution is 0.127. The van der Waals surface area contributed by atoms with Gasteiger partial charge < -0.3 is 5.11 Å². The first-order chi connectivity index (χ1) is 11.2. The van der Waals surface area contributed by atoms with Crippen molar-refractivity contribution in [1.82, 2.24) is 5.32 Å². The topological polar surface area (TPSA) is 32.3 Å². The van der Waals surface area contributed by atoms with Crippen LogP contribution in [0.1, 0.15) is 49.0 Å². The Labute approximate surface area is 137 Å². The van der Waals surface area contributed by atoms with Gasteiger partial charge in [-0.15, -0.1) is 0 Å². The van der Waals surface area contributed by atoms with Gasteiger partial charge in [-0.3, -0.25) is 5.32 Å². The van der Waals surface area contributed by atoms with E-state index in [0.29, 0.717) is 17.4 Å². The van der Waals surface area contributed by atoms with E-state index < -0.39 is 6.23 Å². The summed E-state index contributed by atoms with van der Waals surface area (Å²) in [6, 6.07) is 16.7. The second-order valence-electron chi connectivity index (χ2n) is 6.49. The summed E-state index contributed by atoms with van der Waals surface area (Å²) in [5, 5.41) is 13.3. The average Bonchev–Trinajstić information content (AvgIpc) is 2.61. The Morgan fingerprint density at radius 3 is 2.26 bits per heavy atom. The maximum absolute atomic E-state index is 12.9. The number of aliphatic hydroxyl groups excluding tert-OH is 1. The molecule has 122 valence electrons. The quantitative estimate of drug-likeness (QED) is 0.803. The molecule has 3 heteroatoms. The summed E-state index contributed by atoms with van der Waals surface area (Å²) >= 11 is 0. The van der Waals surface area contributed by atoms with Gasteiger partial charge in [0, 0.05) is 6.54 Å². The smallest absolute Gasteiger partial charge is 0.131 e. The van der Waals surface area contributed by atoms with Crippen molar-refractivity contribution in [3.63, 3.8) is 0 Å². The summed E-state index contributed by atoms with van der Waals surface area (Å²) in [6.07, 6.45) is 4.07. The van der Waals surface area contributed by atoms with Crippen molar-refractivity contribution in [2.45, 2.75) is 37.8 Å². The lowest BCUT2D eigenvalue weighted by atomic mass is 9.78. The summed E-state index contributed by atoms with van der Waals surface area (Å²) in [4.78, 5) is 0. The molecule has 1 fully saturated rings. The van der Waals surface area contributed by atoms with E-state index in [-0.39, 0.29) is 5.82 Å². The molecule has 2 nitrogen and oxygen atoms in total. The molecule has 0 saturated heterocycles. The van der Waals surface area contributed by atoms with Crippen molar-refractivity contribution in [1.29, 1.82) is 0 Å². The molecule has 0 spiro atoms. The number of halogens is 1. The molecular formula is C20H24FNO. The van der Waals surface area contributed by atoms with Crippen LogP contribution in [0.15, 0.2) is 54.6 Å². The molecule has 0 amide bonds. The fourth-order valence-electron chi connectivity index (χ4n) is 3.47. The zero-order chi connectivity index (χ0) is 16.1. The molecule has 1 aliphatic rings. The fraction of sp³-hybridized carbons (Fsp3) is 0.400. The minimum absolute atomic E-state index is 0.278. The zero-order valence-electron chi connectivity index (χ0n) is 13.3. The zero-order valence-corrected chi connectivity index (χ0v) is 13.3. The first kappa shape index (κ1) is 16.2. The fourth-order valence-corrected chi connectivity index (χ4v) is 3.47. The Morgan fingerprint density at radius 2 is 1.61 bits per heavy atom. The van der Waals surface area contributed by atoms with E-state index in [2.05, 4.69) is 35.6 Å². The minimum atomic E-state index is -0.720. The Bertz CT molecular complexity index is 591. The second-order valence-corrected chi connectivity index (χ2v) is 6.49. The highest BCUT2D eigenvalue weighted by molar-refractivity contribution is 5.20. The standard InChI is InChI=1S/C20H24FNO/c21-19-12-10-18(11-13-19)20(23)22-14-15-6-8-17(9-7-15)16-4-2-1-3-5-16/h1-5,10-13,15,17,20,22-23H,6-9,14H2. The van der Waals surface area contributed by atoms with Crippen LogP contribution in [0.5, 0.6) is 0 Å². The van der Waals surface area contributed by atoms with Gasteiger partial charge in [0.15, 0.2) is 0 Å². The van der Waals surface area contributed by atoms with E-state index in [9.17, 15) is 9.50 Å². The monoisotopic (exact) mass is 313 g/mol. The highest BCUT2D eigenvalue weighted by Gasteiger charge is 2.22. The molecule has 1 saturated carbocycles. The van der Waals surface area contributed by atoms with Crippen molar-refractivity contribution in [3.8, 4) is 0 Å². The van der Waals surface area contributed by atoms with E-state index in [4.69, 9.17) is 0 Å². The second kappa shape index (κ2) is 7.71. The van der Waals surface area contributed by atoms with Crippen LogP contribution >= 0.6 is 0 Å². The molecule has 3 rings (SSSR count). The van der Waals surface area contributed by atoms with Crippen LogP contribution in [0.2, 0.25) is 0 Å². The maximum atomic E-state index is 12.9. The van der Waals surface area contributed by atoms with Crippen molar-refractivity contribution in [3.05, 3.63) is 71.5 Å². The Morgan fingerprint density at radius 1 is 0.957 bits per heavy atom. The Hall–Kier alpha value is -1.71. The summed E-state index contributed by atoms with van der Waals surface area (Å²) in [6.45, 7) is 0.806. The molecule has 2 N–H and O–H groups in total. The van der Waals surface area contributed by atoms with E-state index in [1.54, 1.807) is 12.1 Å². The molecule has 2 aromatic rings. The van der Waals surface area contributed by atoms with Crippen LogP contribution in [0.25, 0.3) is 0 Å². The third kappa shape index (κ3) is 4.40. The molecule has 1 aliphatic carbocycles. The van der Waals surface area contributed by atoms with Gasteiger partial charge in [-0.25, -0.2) is 4.39 Å². The van der Waals surface area contributed by atoms with Gasteiger partial charge in [-0.05, 0) is 60.8 Å². The molecule has 0 bridgehead atoms. The van der Waals surface area contributed by atoms with Gasteiger partial charge in [0.25, 0.3) is 0 Å². The van der Waals surface area contributed by atoms with Crippen LogP contribution in [0, 0.1) is 11.7 Å². The first-order valence-electron chi connectivity index (χ1n) is 8.44. The third-order valence-corrected chi connectivity index (χ3v) is 4.90. The maximum Gasteiger partial charge on any atom is 0.131 e. The lowest BCUT2D eigenvalue weighted by Crippen LogP contribution is -2.29. The minimum Gasteiger partial charge on any atom is -0.374 e. The molecule has 2 aromatic carbocycles. The number of hydrogen-bond donors (Lipinski definition) is 2. The number of hydrogen-bond acceptors (Lipinski definition) is 2. The Kier molecular flexibility index (Phi) is 5.42. The lowest BCUT2D eigenvalue weighted by Gasteiger charge is -2.29. The summed E-state index contributed by atoms with van der Waals surface area (Å²) in [5.41, 5.74) is 2.16. The van der Waals surface area contributed by atoms with Gasteiger partial charge in [-0.2, -0.15) is 0 Å². The molecule has 0 radical (unpaired) electrons. The number of nitrogens with one attached hydrogen (secondary N) is 1. The largest absolute Gasteiger partial charge is 0.374 e. The third-order valence-electron chi connectivity index (χ3n) is 4.90. The van der Waals surface area contributed by atoms with Crippen molar-refractivity contribution < 1.29 is 9.50 Å². The predicted octanol–water partition coefficient (Wildman–Crippen LogP) is 4.38. The molecule has 0 aromatic heterocycles. The summed E-state index contributed by atoms with van der Waals surface area (Å²) < 4.78 is 12.9. The van der Waals surface area contributed by atoms with Crippen molar-refractivity contribution in [2.75, 3.05) is 6.54 Å². The van der Waals surface area contributed by atoms with Gasteiger partial charge >= 0.3 is 0 Å². The van der Waals surface area contributed by atoms with Crippen molar-refractivity contribution in [2.24, 2.45) is 5.92 Å². The molecule has 0 heterocycles. The molecular weight excluding hydrogens is 289 g/mol. The summed E-state index contributed by atoms with van der Waals surface area (Å²) in [5.74, 6) is 1.000. The van der Waals surface area contributed by atoms with Gasteiger partial charge in [0.1, 0.15) is 12.0 Å². The Balaban J connectivity index is 1.45. The molecule has 0 aliphatic heterocycles. The number of aliphatic hydroxyl groups is 1. The van der Waals surface area contributed by atoms with E-state index in [1.807, 2.05) is 0 Å². The van der Waals surface area contributed by atoms with Crippen molar-refractivity contribution >= 4 is 0 Å². The average molecular weight is 313 g/mol. The van der Waals surface area contributed by atoms with Crippen LogP contribution in [-0.2, 0) is 0 Å². The highest BCUT2D eigenvalue weighted by Crippen LogP contribution is 2.35. The molecule has 23 heavy (non-hydrogen) atoms. The normalized spacial score (nSPS) is 22.7. The van der Waals surface area contributed by atoms with Crippen LogP contribution < -0.4 is 5.32 Å². The van der Waals surface area contributed by atoms with Gasteiger partial charge in [-0.1, -0.05) is 42.5 Å². The number of rotatable bonds is 5. The van der Waals surface area contributed by atoms with E-state index in [0.717, 1.165) is 6.54 Å². The molecule has 1 atom stereocenters. The SMILES string of the molecule is OC(NCC1CCC(c2ccccc2)CC1)c1ccc(F)cc1. The van der Waals surface area contributed by atoms with E-state index in [1.165, 1.54) is 43.4 Å². The molecule has 1 unspecified atom stereocenters. The van der Waals surface area contributed by atoms with Gasteiger partial charge in [0.2, 0.25) is 0 Å². The predicted molar refractivity (Wildman–Crippen MR) is 90.5 cm³/mol. The summed E-state index contributed by atoms with van der Waals surface area (Å²) in [7, 11) is 0. The van der Waals surface area contributed by atoms with Gasteiger partial charge in [0.05, 0.1) is 0 Å². The highest BCUT2D eigenvalue weighted by atomic mass is 19.1.